The Balaban J connectivity index is 2.08. The second-order valence-electron chi connectivity index (χ2n) is 6.39. The van der Waals surface area contributed by atoms with Crippen molar-refractivity contribution in [2.75, 3.05) is 24.6 Å². The van der Waals surface area contributed by atoms with Crippen molar-refractivity contribution < 1.29 is 9.52 Å². The topological polar surface area (TPSA) is 53.7 Å². The van der Waals surface area contributed by atoms with Gasteiger partial charge >= 0.3 is 0 Å². The summed E-state index contributed by atoms with van der Waals surface area (Å²) < 4.78 is 6.07. The van der Waals surface area contributed by atoms with E-state index in [4.69, 9.17) is 4.42 Å². The first-order chi connectivity index (χ1) is 10.6. The number of benzene rings is 1. The average Bonchev–Trinajstić information content (AvgIpc) is 2.49. The molecule has 1 aliphatic heterocycles. The highest BCUT2D eigenvalue weighted by atomic mass is 16.4. The van der Waals surface area contributed by atoms with Gasteiger partial charge in [0.15, 0.2) is 11.3 Å². The van der Waals surface area contributed by atoms with E-state index in [1.54, 1.807) is 6.07 Å². The maximum atomic E-state index is 12.5. The van der Waals surface area contributed by atoms with E-state index >= 15 is 0 Å². The highest BCUT2D eigenvalue weighted by Crippen LogP contribution is 2.27. The van der Waals surface area contributed by atoms with Gasteiger partial charge in [0, 0.05) is 25.8 Å². The van der Waals surface area contributed by atoms with E-state index in [9.17, 15) is 9.90 Å². The van der Waals surface area contributed by atoms with Crippen LogP contribution in [0, 0.1) is 12.8 Å². The second kappa shape index (κ2) is 6.13. The molecule has 0 unspecified atom stereocenters. The molecule has 0 spiro atoms. The molecule has 22 heavy (non-hydrogen) atoms. The Labute approximate surface area is 130 Å². The van der Waals surface area contributed by atoms with Crippen LogP contribution in [0.2, 0.25) is 0 Å². The SMILES string of the molecule is Cc1cc(CCO)c2oc(N3CCC(C)CC3)cc(=O)c2c1. The van der Waals surface area contributed by atoms with Crippen LogP contribution in [0.3, 0.4) is 0 Å². The fourth-order valence-corrected chi connectivity index (χ4v) is 3.17. The van der Waals surface area contributed by atoms with E-state index in [2.05, 4.69) is 11.8 Å². The standard InChI is InChI=1S/C18H23NO3/c1-12-3-6-19(7-4-12)17-11-16(21)15-10-13(2)9-14(5-8-20)18(15)22-17/h9-12,20H,3-8H2,1-2H3. The highest BCUT2D eigenvalue weighted by Gasteiger charge is 2.19. The number of piperidine rings is 1. The summed E-state index contributed by atoms with van der Waals surface area (Å²) in [7, 11) is 0. The van der Waals surface area contributed by atoms with Crippen molar-refractivity contribution in [2.24, 2.45) is 5.92 Å². The van der Waals surface area contributed by atoms with E-state index in [1.165, 1.54) is 0 Å². The fourth-order valence-electron chi connectivity index (χ4n) is 3.17. The molecule has 118 valence electrons. The molecule has 4 nitrogen and oxygen atoms in total. The van der Waals surface area contributed by atoms with E-state index in [0.717, 1.165) is 43.0 Å². The quantitative estimate of drug-likeness (QED) is 0.947. The molecule has 2 aromatic rings. The molecule has 1 fully saturated rings. The van der Waals surface area contributed by atoms with Gasteiger partial charge in [-0.25, -0.2) is 0 Å². The number of hydrogen-bond acceptors (Lipinski definition) is 4. The lowest BCUT2D eigenvalue weighted by molar-refractivity contribution is 0.299. The second-order valence-corrected chi connectivity index (χ2v) is 6.39. The smallest absolute Gasteiger partial charge is 0.199 e. The maximum absolute atomic E-state index is 12.5. The van der Waals surface area contributed by atoms with Crippen molar-refractivity contribution in [3.05, 3.63) is 39.5 Å². The number of fused-ring (bicyclic) bond motifs is 1. The first kappa shape index (κ1) is 15.1. The minimum atomic E-state index is -0.00207. The predicted molar refractivity (Wildman–Crippen MR) is 88.6 cm³/mol. The molecular formula is C18H23NO3. The lowest BCUT2D eigenvalue weighted by Gasteiger charge is -2.30. The van der Waals surface area contributed by atoms with Crippen LogP contribution in [0.15, 0.2) is 27.4 Å². The molecule has 4 heteroatoms. The molecule has 2 heterocycles. The van der Waals surface area contributed by atoms with Gasteiger partial charge in [-0.15, -0.1) is 0 Å². The molecule has 0 aliphatic carbocycles. The van der Waals surface area contributed by atoms with Gasteiger partial charge < -0.3 is 14.4 Å². The van der Waals surface area contributed by atoms with Gasteiger partial charge in [0.05, 0.1) is 5.39 Å². The summed E-state index contributed by atoms with van der Waals surface area (Å²) in [5.74, 6) is 1.39. The van der Waals surface area contributed by atoms with Gasteiger partial charge in [0.25, 0.3) is 0 Å². The number of aliphatic hydroxyl groups excluding tert-OH is 1. The zero-order valence-corrected chi connectivity index (χ0v) is 13.3. The van der Waals surface area contributed by atoms with Gasteiger partial charge in [-0.2, -0.15) is 0 Å². The third-order valence-corrected chi connectivity index (χ3v) is 4.51. The highest BCUT2D eigenvalue weighted by molar-refractivity contribution is 5.81. The molecule has 1 aliphatic rings. The van der Waals surface area contributed by atoms with Gasteiger partial charge in [-0.1, -0.05) is 13.0 Å². The monoisotopic (exact) mass is 301 g/mol. The van der Waals surface area contributed by atoms with E-state index in [0.29, 0.717) is 23.3 Å². The fraction of sp³-hybridized carbons (Fsp3) is 0.500. The van der Waals surface area contributed by atoms with Gasteiger partial charge in [-0.3, -0.25) is 4.79 Å². The van der Waals surface area contributed by atoms with Gasteiger partial charge in [0.1, 0.15) is 5.58 Å². The molecule has 0 bridgehead atoms. The third kappa shape index (κ3) is 2.88. The number of aliphatic hydroxyl groups is 1. The Morgan fingerprint density at radius 2 is 2.00 bits per heavy atom. The molecule has 0 amide bonds. The normalized spacial score (nSPS) is 16.4. The number of rotatable bonds is 3. The van der Waals surface area contributed by atoms with Crippen molar-refractivity contribution in [1.29, 1.82) is 0 Å². The van der Waals surface area contributed by atoms with Gasteiger partial charge in [-0.05, 0) is 49.3 Å². The van der Waals surface area contributed by atoms with Crippen LogP contribution in [0.4, 0.5) is 5.88 Å². The van der Waals surface area contributed by atoms with E-state index < -0.39 is 0 Å². The summed E-state index contributed by atoms with van der Waals surface area (Å²) in [6, 6.07) is 5.47. The summed E-state index contributed by atoms with van der Waals surface area (Å²) in [5.41, 5.74) is 2.54. The molecule has 3 rings (SSSR count). The Bertz CT molecular complexity index is 727. The minimum Gasteiger partial charge on any atom is -0.440 e. The van der Waals surface area contributed by atoms with Crippen molar-refractivity contribution in [2.45, 2.75) is 33.1 Å². The molecular weight excluding hydrogens is 278 g/mol. The van der Waals surface area contributed by atoms with Crippen LogP contribution in [-0.4, -0.2) is 24.8 Å². The summed E-state index contributed by atoms with van der Waals surface area (Å²) in [4.78, 5) is 14.6. The minimum absolute atomic E-state index is 0.00207. The molecule has 0 atom stereocenters. The Morgan fingerprint density at radius 1 is 1.27 bits per heavy atom. The molecule has 0 radical (unpaired) electrons. The summed E-state index contributed by atoms with van der Waals surface area (Å²) in [5, 5.41) is 9.87. The number of aryl methyl sites for hydroxylation is 1. The Morgan fingerprint density at radius 3 is 2.68 bits per heavy atom. The van der Waals surface area contributed by atoms with Crippen LogP contribution in [0.1, 0.15) is 30.9 Å². The Hall–Kier alpha value is -1.81. The molecule has 1 N–H and O–H groups in total. The lowest BCUT2D eigenvalue weighted by Crippen LogP contribution is -2.33. The van der Waals surface area contributed by atoms with Crippen LogP contribution in [0.25, 0.3) is 11.0 Å². The predicted octanol–water partition coefficient (Wildman–Crippen LogP) is 2.87. The van der Waals surface area contributed by atoms with Crippen molar-refractivity contribution in [3.8, 4) is 0 Å². The summed E-state index contributed by atoms with van der Waals surface area (Å²) >= 11 is 0. The molecule has 1 aromatic carbocycles. The largest absolute Gasteiger partial charge is 0.440 e. The van der Waals surface area contributed by atoms with Gasteiger partial charge in [0.2, 0.25) is 0 Å². The number of nitrogens with zero attached hydrogens (tertiary/aromatic N) is 1. The first-order valence-electron chi connectivity index (χ1n) is 8.01. The van der Waals surface area contributed by atoms with Crippen LogP contribution in [-0.2, 0) is 6.42 Å². The number of hydrogen-bond donors (Lipinski definition) is 1. The van der Waals surface area contributed by atoms with Crippen molar-refractivity contribution in [3.63, 3.8) is 0 Å². The number of anilines is 1. The third-order valence-electron chi connectivity index (χ3n) is 4.51. The van der Waals surface area contributed by atoms with Crippen molar-refractivity contribution in [1.82, 2.24) is 0 Å². The summed E-state index contributed by atoms with van der Waals surface area (Å²) in [6.07, 6.45) is 2.75. The lowest BCUT2D eigenvalue weighted by atomic mass is 9.99. The molecule has 1 aromatic heterocycles. The summed E-state index contributed by atoms with van der Waals surface area (Å²) in [6.45, 7) is 6.12. The maximum Gasteiger partial charge on any atom is 0.199 e. The van der Waals surface area contributed by atoms with Crippen LogP contribution < -0.4 is 10.3 Å². The molecule has 0 saturated carbocycles. The first-order valence-corrected chi connectivity index (χ1v) is 8.01. The van der Waals surface area contributed by atoms with E-state index in [1.807, 2.05) is 19.1 Å². The average molecular weight is 301 g/mol. The van der Waals surface area contributed by atoms with Crippen LogP contribution in [0.5, 0.6) is 0 Å². The Kier molecular flexibility index (Phi) is 4.21. The zero-order valence-electron chi connectivity index (χ0n) is 13.3. The van der Waals surface area contributed by atoms with Crippen molar-refractivity contribution >= 4 is 16.9 Å². The van der Waals surface area contributed by atoms with E-state index in [-0.39, 0.29) is 12.0 Å². The molecule has 1 saturated heterocycles. The zero-order chi connectivity index (χ0) is 15.7. The van der Waals surface area contributed by atoms with Crippen LogP contribution >= 0.6 is 0 Å².